The summed E-state index contributed by atoms with van der Waals surface area (Å²) in [4.78, 5) is 12.3. The predicted octanol–water partition coefficient (Wildman–Crippen LogP) is 1.65. The minimum absolute atomic E-state index is 0.0405. The van der Waals surface area contributed by atoms with Crippen molar-refractivity contribution in [1.82, 2.24) is 10.6 Å². The Labute approximate surface area is 114 Å². The monoisotopic (exact) mass is 262 g/mol. The highest BCUT2D eigenvalue weighted by molar-refractivity contribution is 5.98. The van der Waals surface area contributed by atoms with Crippen LogP contribution in [0.1, 0.15) is 27.9 Å². The van der Waals surface area contributed by atoms with Crippen LogP contribution in [0, 0.1) is 19.8 Å². The molecular formula is C15H22N2O2. The van der Waals surface area contributed by atoms with E-state index in [-0.39, 0.29) is 5.91 Å². The number of benzene rings is 1. The van der Waals surface area contributed by atoms with E-state index in [0.29, 0.717) is 17.2 Å². The van der Waals surface area contributed by atoms with E-state index in [9.17, 15) is 4.79 Å². The second-order valence-corrected chi connectivity index (χ2v) is 5.23. The van der Waals surface area contributed by atoms with Crippen molar-refractivity contribution in [3.63, 3.8) is 0 Å². The molecule has 1 aliphatic heterocycles. The molecule has 4 nitrogen and oxygen atoms in total. The van der Waals surface area contributed by atoms with E-state index in [0.717, 1.165) is 37.2 Å². The van der Waals surface area contributed by atoms with Crippen molar-refractivity contribution in [3.8, 4) is 5.75 Å². The second kappa shape index (κ2) is 6.06. The number of carbonyl (C=O) groups is 1. The molecule has 0 aromatic heterocycles. The topological polar surface area (TPSA) is 50.4 Å². The predicted molar refractivity (Wildman–Crippen MR) is 75.8 cm³/mol. The first-order valence-electron chi connectivity index (χ1n) is 6.76. The molecule has 2 N–H and O–H groups in total. The lowest BCUT2D eigenvalue weighted by Crippen LogP contribution is -2.31. The smallest absolute Gasteiger partial charge is 0.255 e. The Morgan fingerprint density at radius 2 is 2.26 bits per heavy atom. The van der Waals surface area contributed by atoms with Gasteiger partial charge in [0.2, 0.25) is 0 Å². The van der Waals surface area contributed by atoms with Crippen molar-refractivity contribution in [3.05, 3.63) is 28.8 Å². The molecule has 0 aliphatic carbocycles. The molecule has 1 heterocycles. The fourth-order valence-electron chi connectivity index (χ4n) is 2.59. The summed E-state index contributed by atoms with van der Waals surface area (Å²) in [6.07, 6.45) is 1.13. The van der Waals surface area contributed by atoms with E-state index in [1.54, 1.807) is 7.11 Å². The van der Waals surface area contributed by atoms with Crippen LogP contribution in [0.4, 0.5) is 0 Å². The van der Waals surface area contributed by atoms with Crippen LogP contribution in [0.25, 0.3) is 0 Å². The molecule has 4 heteroatoms. The molecule has 1 unspecified atom stereocenters. The summed E-state index contributed by atoms with van der Waals surface area (Å²) < 4.78 is 5.33. The van der Waals surface area contributed by atoms with Crippen molar-refractivity contribution in [2.75, 3.05) is 26.7 Å². The van der Waals surface area contributed by atoms with Gasteiger partial charge in [-0.1, -0.05) is 6.07 Å². The van der Waals surface area contributed by atoms with Crippen LogP contribution >= 0.6 is 0 Å². The summed E-state index contributed by atoms with van der Waals surface area (Å²) in [7, 11) is 1.60. The molecule has 1 saturated heterocycles. The molecule has 104 valence electrons. The van der Waals surface area contributed by atoms with Crippen LogP contribution in [0.5, 0.6) is 5.75 Å². The fraction of sp³-hybridized carbons (Fsp3) is 0.533. The standard InChI is InChI=1S/C15H22N2O2/c1-10-6-11(2)14(13(7-10)19-3)15(18)17-9-12-4-5-16-8-12/h6-7,12,16H,4-5,8-9H2,1-3H3,(H,17,18). The van der Waals surface area contributed by atoms with Crippen molar-refractivity contribution in [1.29, 1.82) is 0 Å². The Hall–Kier alpha value is -1.55. The Balaban J connectivity index is 2.09. The minimum atomic E-state index is -0.0405. The molecule has 1 aromatic carbocycles. The zero-order valence-electron chi connectivity index (χ0n) is 11.9. The zero-order valence-corrected chi connectivity index (χ0v) is 11.9. The molecule has 0 spiro atoms. The summed E-state index contributed by atoms with van der Waals surface area (Å²) >= 11 is 0. The van der Waals surface area contributed by atoms with Gasteiger partial charge in [-0.25, -0.2) is 0 Å². The summed E-state index contributed by atoms with van der Waals surface area (Å²) in [6.45, 7) is 6.71. The molecular weight excluding hydrogens is 240 g/mol. The molecule has 1 aliphatic rings. The van der Waals surface area contributed by atoms with Gasteiger partial charge in [0.25, 0.3) is 5.91 Å². The summed E-state index contributed by atoms with van der Waals surface area (Å²) in [5.74, 6) is 1.15. The third-order valence-corrected chi connectivity index (χ3v) is 3.60. The highest BCUT2D eigenvalue weighted by Gasteiger charge is 2.19. The molecule has 0 bridgehead atoms. The van der Waals surface area contributed by atoms with Crippen molar-refractivity contribution in [2.45, 2.75) is 20.3 Å². The number of hydrogen-bond donors (Lipinski definition) is 2. The van der Waals surface area contributed by atoms with Crippen LogP contribution in [0.15, 0.2) is 12.1 Å². The summed E-state index contributed by atoms with van der Waals surface area (Å²) in [5.41, 5.74) is 2.71. The van der Waals surface area contributed by atoms with Gasteiger partial charge < -0.3 is 15.4 Å². The highest BCUT2D eigenvalue weighted by atomic mass is 16.5. The van der Waals surface area contributed by atoms with E-state index in [1.807, 2.05) is 26.0 Å². The van der Waals surface area contributed by atoms with Crippen LogP contribution in [-0.4, -0.2) is 32.7 Å². The number of hydrogen-bond acceptors (Lipinski definition) is 3. The Morgan fingerprint density at radius 1 is 1.47 bits per heavy atom. The lowest BCUT2D eigenvalue weighted by Gasteiger charge is -2.15. The van der Waals surface area contributed by atoms with E-state index in [1.165, 1.54) is 0 Å². The van der Waals surface area contributed by atoms with E-state index >= 15 is 0 Å². The lowest BCUT2D eigenvalue weighted by molar-refractivity contribution is 0.0944. The number of aryl methyl sites for hydroxylation is 2. The first kappa shape index (κ1) is 13.9. The maximum atomic E-state index is 12.3. The third-order valence-electron chi connectivity index (χ3n) is 3.60. The number of rotatable bonds is 4. The Bertz CT molecular complexity index is 465. The van der Waals surface area contributed by atoms with Crippen LogP contribution < -0.4 is 15.4 Å². The van der Waals surface area contributed by atoms with Gasteiger partial charge in [0.15, 0.2) is 0 Å². The van der Waals surface area contributed by atoms with E-state index in [2.05, 4.69) is 10.6 Å². The molecule has 1 fully saturated rings. The largest absolute Gasteiger partial charge is 0.496 e. The van der Waals surface area contributed by atoms with Gasteiger partial charge in [0, 0.05) is 6.54 Å². The molecule has 2 rings (SSSR count). The van der Waals surface area contributed by atoms with Crippen LogP contribution in [-0.2, 0) is 0 Å². The van der Waals surface area contributed by atoms with Gasteiger partial charge in [-0.15, -0.1) is 0 Å². The van der Waals surface area contributed by atoms with Gasteiger partial charge in [0.1, 0.15) is 5.75 Å². The summed E-state index contributed by atoms with van der Waals surface area (Å²) in [6, 6.07) is 3.91. The number of ether oxygens (including phenoxy) is 1. The lowest BCUT2D eigenvalue weighted by atomic mass is 10.0. The van der Waals surface area contributed by atoms with Crippen molar-refractivity contribution in [2.24, 2.45) is 5.92 Å². The molecule has 1 amide bonds. The van der Waals surface area contributed by atoms with Gasteiger partial charge in [-0.3, -0.25) is 4.79 Å². The average Bonchev–Trinajstić information content (AvgIpc) is 2.88. The van der Waals surface area contributed by atoms with Gasteiger partial charge >= 0.3 is 0 Å². The average molecular weight is 262 g/mol. The second-order valence-electron chi connectivity index (χ2n) is 5.23. The van der Waals surface area contributed by atoms with Gasteiger partial charge in [-0.05, 0) is 56.5 Å². The maximum Gasteiger partial charge on any atom is 0.255 e. The van der Waals surface area contributed by atoms with Crippen LogP contribution in [0.2, 0.25) is 0 Å². The normalized spacial score (nSPS) is 18.4. The molecule has 1 aromatic rings. The SMILES string of the molecule is COc1cc(C)cc(C)c1C(=O)NCC1CCNC1. The first-order valence-corrected chi connectivity index (χ1v) is 6.76. The molecule has 0 radical (unpaired) electrons. The zero-order chi connectivity index (χ0) is 13.8. The van der Waals surface area contributed by atoms with Gasteiger partial charge in [-0.2, -0.15) is 0 Å². The number of nitrogens with one attached hydrogen (secondary N) is 2. The summed E-state index contributed by atoms with van der Waals surface area (Å²) in [5, 5.41) is 6.32. The van der Waals surface area contributed by atoms with E-state index in [4.69, 9.17) is 4.74 Å². The third kappa shape index (κ3) is 3.26. The van der Waals surface area contributed by atoms with Crippen molar-refractivity contribution >= 4 is 5.91 Å². The van der Waals surface area contributed by atoms with Crippen LogP contribution in [0.3, 0.4) is 0 Å². The number of carbonyl (C=O) groups excluding carboxylic acids is 1. The fourth-order valence-corrected chi connectivity index (χ4v) is 2.59. The Kier molecular flexibility index (Phi) is 4.43. The number of amides is 1. The molecule has 0 saturated carbocycles. The molecule has 1 atom stereocenters. The van der Waals surface area contributed by atoms with E-state index < -0.39 is 0 Å². The Morgan fingerprint density at radius 3 is 2.89 bits per heavy atom. The maximum absolute atomic E-state index is 12.3. The minimum Gasteiger partial charge on any atom is -0.496 e. The first-order chi connectivity index (χ1) is 9.11. The quantitative estimate of drug-likeness (QED) is 0.867. The highest BCUT2D eigenvalue weighted by Crippen LogP contribution is 2.24. The number of methoxy groups -OCH3 is 1. The molecule has 19 heavy (non-hydrogen) atoms. The van der Waals surface area contributed by atoms with Crippen molar-refractivity contribution < 1.29 is 9.53 Å². The van der Waals surface area contributed by atoms with Gasteiger partial charge in [0.05, 0.1) is 12.7 Å².